The van der Waals surface area contributed by atoms with Crippen LogP contribution in [0.2, 0.25) is 0 Å². The van der Waals surface area contributed by atoms with Crippen molar-refractivity contribution < 1.29 is 4.79 Å². The molecule has 1 aliphatic carbocycles. The smallest absolute Gasteiger partial charge is 0.272 e. The molecule has 0 radical (unpaired) electrons. The van der Waals surface area contributed by atoms with Gasteiger partial charge in [-0.3, -0.25) is 4.79 Å². The number of amides is 1. The van der Waals surface area contributed by atoms with Crippen molar-refractivity contribution in [1.82, 2.24) is 10.4 Å². The van der Waals surface area contributed by atoms with Crippen LogP contribution in [0.25, 0.3) is 10.9 Å². The lowest BCUT2D eigenvalue weighted by atomic mass is 9.72. The monoisotopic (exact) mass is 393 g/mol. The second-order valence-electron chi connectivity index (χ2n) is 8.77. The van der Waals surface area contributed by atoms with Gasteiger partial charge >= 0.3 is 0 Å². The third-order valence-electron chi connectivity index (χ3n) is 5.93. The lowest BCUT2D eigenvalue weighted by Gasteiger charge is -2.33. The van der Waals surface area contributed by atoms with E-state index in [0.717, 1.165) is 47.0 Å². The number of thiophene rings is 1. The van der Waals surface area contributed by atoms with Crippen molar-refractivity contribution in [2.45, 2.75) is 47.0 Å². The fraction of sp³-hybridized carbons (Fsp3) is 0.391. The van der Waals surface area contributed by atoms with E-state index in [1.54, 1.807) is 17.6 Å². The summed E-state index contributed by atoms with van der Waals surface area (Å²) in [5.41, 5.74) is 8.19. The molecule has 0 fully saturated rings. The van der Waals surface area contributed by atoms with Gasteiger partial charge in [-0.2, -0.15) is 5.10 Å². The number of aromatic nitrogens is 1. The highest BCUT2D eigenvalue weighted by Crippen LogP contribution is 2.40. The van der Waals surface area contributed by atoms with Crippen LogP contribution in [-0.2, 0) is 12.8 Å². The Hall–Kier alpha value is -2.40. The van der Waals surface area contributed by atoms with E-state index in [-0.39, 0.29) is 5.91 Å². The number of H-pyrrole nitrogens is 1. The summed E-state index contributed by atoms with van der Waals surface area (Å²) < 4.78 is 0. The van der Waals surface area contributed by atoms with Gasteiger partial charge in [0.1, 0.15) is 0 Å². The number of benzene rings is 1. The zero-order valence-electron chi connectivity index (χ0n) is 16.9. The van der Waals surface area contributed by atoms with Crippen molar-refractivity contribution in [2.75, 3.05) is 0 Å². The number of para-hydroxylation sites is 1. The maximum Gasteiger partial charge on any atom is 0.272 e. The quantitative estimate of drug-likeness (QED) is 0.451. The summed E-state index contributed by atoms with van der Waals surface area (Å²) in [7, 11) is 0. The average molecular weight is 394 g/mol. The third-order valence-corrected chi connectivity index (χ3v) is 6.98. The van der Waals surface area contributed by atoms with Crippen molar-refractivity contribution in [1.29, 1.82) is 0 Å². The lowest BCUT2D eigenvalue weighted by molar-refractivity contribution is 0.0954. The van der Waals surface area contributed by atoms with E-state index in [0.29, 0.717) is 11.3 Å². The molecule has 146 valence electrons. The molecule has 1 aliphatic rings. The molecular weight excluding hydrogens is 366 g/mol. The number of hydrogen-bond acceptors (Lipinski definition) is 3. The van der Waals surface area contributed by atoms with Gasteiger partial charge in [-0.1, -0.05) is 39.0 Å². The number of hydrazone groups is 1. The maximum atomic E-state index is 12.7. The first-order valence-electron chi connectivity index (χ1n) is 9.84. The molecule has 4 rings (SSSR count). The van der Waals surface area contributed by atoms with Crippen LogP contribution in [0.5, 0.6) is 0 Å². The van der Waals surface area contributed by atoms with Crippen LogP contribution in [0.15, 0.2) is 34.7 Å². The van der Waals surface area contributed by atoms with E-state index in [1.807, 2.05) is 30.5 Å². The van der Waals surface area contributed by atoms with Crippen LogP contribution in [0, 0.1) is 18.3 Å². The Kier molecular flexibility index (Phi) is 4.88. The molecule has 0 aliphatic heterocycles. The lowest BCUT2D eigenvalue weighted by Crippen LogP contribution is -2.27. The summed E-state index contributed by atoms with van der Waals surface area (Å²) in [5.74, 6) is 0.567. The Labute approximate surface area is 170 Å². The average Bonchev–Trinajstić information content (AvgIpc) is 3.21. The van der Waals surface area contributed by atoms with Crippen LogP contribution in [0.1, 0.15) is 59.2 Å². The van der Waals surface area contributed by atoms with Gasteiger partial charge in [0, 0.05) is 32.4 Å². The summed E-state index contributed by atoms with van der Waals surface area (Å²) in [6.07, 6.45) is 4.94. The van der Waals surface area contributed by atoms with Crippen molar-refractivity contribution in [3.63, 3.8) is 0 Å². The van der Waals surface area contributed by atoms with Gasteiger partial charge < -0.3 is 4.98 Å². The molecule has 3 aromatic rings. The molecule has 28 heavy (non-hydrogen) atoms. The number of rotatable bonds is 3. The first-order valence-corrected chi connectivity index (χ1v) is 10.7. The van der Waals surface area contributed by atoms with Gasteiger partial charge in [0.15, 0.2) is 0 Å². The van der Waals surface area contributed by atoms with Crippen LogP contribution in [0.4, 0.5) is 0 Å². The largest absolute Gasteiger partial charge is 0.358 e. The molecule has 1 atom stereocenters. The van der Waals surface area contributed by atoms with Crippen LogP contribution in [0.3, 0.4) is 0 Å². The van der Waals surface area contributed by atoms with E-state index in [1.165, 1.54) is 10.4 Å². The summed E-state index contributed by atoms with van der Waals surface area (Å²) in [6.45, 7) is 8.95. The molecule has 4 nitrogen and oxygen atoms in total. The molecule has 2 N–H and O–H groups in total. The maximum absolute atomic E-state index is 12.7. The summed E-state index contributed by atoms with van der Waals surface area (Å²) in [6, 6.07) is 8.11. The second-order valence-corrected chi connectivity index (χ2v) is 9.73. The van der Waals surface area contributed by atoms with E-state index in [2.05, 4.69) is 42.3 Å². The molecule has 1 aromatic carbocycles. The fourth-order valence-electron chi connectivity index (χ4n) is 4.12. The third kappa shape index (κ3) is 3.51. The molecule has 0 bridgehead atoms. The van der Waals surface area contributed by atoms with Crippen molar-refractivity contribution in [2.24, 2.45) is 16.4 Å². The Morgan fingerprint density at radius 1 is 1.32 bits per heavy atom. The topological polar surface area (TPSA) is 57.2 Å². The highest BCUT2D eigenvalue weighted by atomic mass is 32.1. The molecule has 2 heterocycles. The molecule has 0 spiro atoms. The van der Waals surface area contributed by atoms with E-state index in [9.17, 15) is 4.79 Å². The van der Waals surface area contributed by atoms with Gasteiger partial charge in [0.2, 0.25) is 0 Å². The van der Waals surface area contributed by atoms with Gasteiger partial charge in [-0.05, 0) is 49.1 Å². The van der Waals surface area contributed by atoms with E-state index in [4.69, 9.17) is 0 Å². The number of aryl methyl sites for hydroxylation is 1. The van der Waals surface area contributed by atoms with Crippen LogP contribution in [-0.4, -0.2) is 17.1 Å². The second kappa shape index (κ2) is 7.21. The molecule has 1 unspecified atom stereocenters. The number of fused-ring (bicyclic) bond motifs is 2. The van der Waals surface area contributed by atoms with E-state index < -0.39 is 0 Å². The minimum absolute atomic E-state index is 0.111. The standard InChI is InChI=1S/C23H27N3OS/c1-14-18(16-7-5-6-8-20(16)25-14)12-24-26-22(27)19-13-28-21-11-15(23(2,3)4)9-10-17(19)21/h5-8,12-13,15,25H,9-11H2,1-4H3,(H,26,27). The highest BCUT2D eigenvalue weighted by molar-refractivity contribution is 7.10. The summed E-state index contributed by atoms with van der Waals surface area (Å²) in [4.78, 5) is 17.4. The molecule has 5 heteroatoms. The predicted octanol–water partition coefficient (Wildman–Crippen LogP) is 5.45. The number of carbonyl (C=O) groups is 1. The molecule has 0 saturated heterocycles. The molecule has 2 aromatic heterocycles. The minimum Gasteiger partial charge on any atom is -0.358 e. The van der Waals surface area contributed by atoms with Crippen molar-refractivity contribution in [3.05, 3.63) is 56.9 Å². The van der Waals surface area contributed by atoms with Crippen molar-refractivity contribution >= 4 is 34.4 Å². The first-order chi connectivity index (χ1) is 13.3. The number of hydrogen-bond donors (Lipinski definition) is 2. The summed E-state index contributed by atoms with van der Waals surface area (Å²) in [5, 5.41) is 7.35. The number of nitrogens with zero attached hydrogens (tertiary/aromatic N) is 1. The highest BCUT2D eigenvalue weighted by Gasteiger charge is 2.31. The fourth-order valence-corrected chi connectivity index (χ4v) is 5.28. The molecule has 1 amide bonds. The zero-order valence-corrected chi connectivity index (χ0v) is 17.7. The Bertz CT molecular complexity index is 1050. The minimum atomic E-state index is -0.111. The Morgan fingerprint density at radius 2 is 2.11 bits per heavy atom. The summed E-state index contributed by atoms with van der Waals surface area (Å²) >= 11 is 1.72. The SMILES string of the molecule is Cc1[nH]c2ccccc2c1C=NNC(=O)c1csc2c1CCC(C(C)(C)C)C2. The van der Waals surface area contributed by atoms with Crippen LogP contribution < -0.4 is 5.43 Å². The Morgan fingerprint density at radius 3 is 2.89 bits per heavy atom. The normalized spacial score (nSPS) is 17.2. The van der Waals surface area contributed by atoms with E-state index >= 15 is 0 Å². The molecular formula is C23H27N3OS. The van der Waals surface area contributed by atoms with Gasteiger partial charge in [-0.15, -0.1) is 11.3 Å². The predicted molar refractivity (Wildman–Crippen MR) is 117 cm³/mol. The first kappa shape index (κ1) is 18.9. The zero-order chi connectivity index (χ0) is 19.9. The number of carbonyl (C=O) groups excluding carboxylic acids is 1. The van der Waals surface area contributed by atoms with Gasteiger partial charge in [0.05, 0.1) is 11.8 Å². The molecule has 0 saturated carbocycles. The Balaban J connectivity index is 1.49. The van der Waals surface area contributed by atoms with Crippen molar-refractivity contribution in [3.8, 4) is 0 Å². The van der Waals surface area contributed by atoms with Crippen LogP contribution >= 0.6 is 11.3 Å². The van der Waals surface area contributed by atoms with Gasteiger partial charge in [0.25, 0.3) is 5.91 Å². The number of aromatic amines is 1. The van der Waals surface area contributed by atoms with Gasteiger partial charge in [-0.25, -0.2) is 5.43 Å². The number of nitrogens with one attached hydrogen (secondary N) is 2.